The van der Waals surface area contributed by atoms with E-state index in [1.54, 1.807) is 24.3 Å². The van der Waals surface area contributed by atoms with Gasteiger partial charge in [0.15, 0.2) is 0 Å². The van der Waals surface area contributed by atoms with E-state index in [1.807, 2.05) is 49.4 Å². The van der Waals surface area contributed by atoms with Crippen LogP contribution in [0.1, 0.15) is 5.56 Å². The second-order valence-corrected chi connectivity index (χ2v) is 6.63. The number of benzene rings is 3. The average molecular weight is 282 g/mol. The minimum Gasteiger partial charge on any atom is -0.218 e. The first-order chi connectivity index (χ1) is 9.60. The third-order valence-corrected chi connectivity index (χ3v) is 5.39. The maximum absolute atomic E-state index is 12.9. The van der Waals surface area contributed by atoms with Crippen molar-refractivity contribution in [2.45, 2.75) is 16.7 Å². The number of aryl methyl sites for hydroxylation is 1. The second kappa shape index (κ2) is 4.76. The van der Waals surface area contributed by atoms with Gasteiger partial charge in [-0.1, -0.05) is 54.6 Å². The van der Waals surface area contributed by atoms with Gasteiger partial charge in [0.2, 0.25) is 9.84 Å². The van der Waals surface area contributed by atoms with Crippen molar-refractivity contribution in [3.63, 3.8) is 0 Å². The molecule has 0 N–H and O–H groups in total. The van der Waals surface area contributed by atoms with Crippen LogP contribution in [-0.4, -0.2) is 8.42 Å². The van der Waals surface area contributed by atoms with Crippen molar-refractivity contribution < 1.29 is 8.42 Å². The lowest BCUT2D eigenvalue weighted by Gasteiger charge is -2.10. The van der Waals surface area contributed by atoms with Crippen molar-refractivity contribution in [3.05, 3.63) is 72.3 Å². The zero-order valence-electron chi connectivity index (χ0n) is 11.1. The van der Waals surface area contributed by atoms with Crippen LogP contribution in [0.3, 0.4) is 0 Å². The Morgan fingerprint density at radius 1 is 0.700 bits per heavy atom. The highest BCUT2D eigenvalue weighted by atomic mass is 32.2. The van der Waals surface area contributed by atoms with Gasteiger partial charge in [-0.3, -0.25) is 0 Å². The number of hydrogen-bond acceptors (Lipinski definition) is 2. The van der Waals surface area contributed by atoms with E-state index in [0.717, 1.165) is 16.3 Å². The summed E-state index contributed by atoms with van der Waals surface area (Å²) < 4.78 is 25.7. The molecule has 0 aromatic heterocycles. The van der Waals surface area contributed by atoms with E-state index < -0.39 is 9.84 Å². The van der Waals surface area contributed by atoms with Gasteiger partial charge in [0.25, 0.3) is 0 Å². The monoisotopic (exact) mass is 282 g/mol. The summed E-state index contributed by atoms with van der Waals surface area (Å²) in [5, 5.41) is 1.69. The van der Waals surface area contributed by atoms with Crippen LogP contribution in [0.2, 0.25) is 0 Å². The molecule has 2 nitrogen and oxygen atoms in total. The normalized spacial score (nSPS) is 11.7. The van der Waals surface area contributed by atoms with Crippen LogP contribution in [0.5, 0.6) is 0 Å². The Balaban J connectivity index is 2.33. The largest absolute Gasteiger partial charge is 0.218 e. The predicted octanol–water partition coefficient (Wildman–Crippen LogP) is 3.98. The first-order valence-electron chi connectivity index (χ1n) is 6.39. The molecule has 20 heavy (non-hydrogen) atoms. The van der Waals surface area contributed by atoms with Gasteiger partial charge < -0.3 is 0 Å². The van der Waals surface area contributed by atoms with Gasteiger partial charge in [-0.05, 0) is 30.0 Å². The molecule has 3 aromatic rings. The third-order valence-electron chi connectivity index (χ3n) is 3.42. The van der Waals surface area contributed by atoms with Crippen LogP contribution in [0, 0.1) is 6.92 Å². The SMILES string of the molecule is Cc1ccccc1S(=O)(=O)c1cccc2ccccc12. The summed E-state index contributed by atoms with van der Waals surface area (Å²) in [5.74, 6) is 0. The zero-order chi connectivity index (χ0) is 14.2. The quantitative estimate of drug-likeness (QED) is 0.712. The van der Waals surface area contributed by atoms with E-state index in [9.17, 15) is 8.42 Å². The number of hydrogen-bond donors (Lipinski definition) is 0. The van der Waals surface area contributed by atoms with Crippen molar-refractivity contribution >= 4 is 20.6 Å². The van der Waals surface area contributed by atoms with E-state index in [-0.39, 0.29) is 0 Å². The molecule has 3 heteroatoms. The smallest absolute Gasteiger partial charge is 0.207 e. The summed E-state index contributed by atoms with van der Waals surface area (Å²) in [6.45, 7) is 1.82. The molecule has 0 aliphatic rings. The highest BCUT2D eigenvalue weighted by Gasteiger charge is 2.21. The summed E-state index contributed by atoms with van der Waals surface area (Å²) >= 11 is 0. The molecule has 3 aromatic carbocycles. The maximum Gasteiger partial charge on any atom is 0.207 e. The number of sulfone groups is 1. The van der Waals surface area contributed by atoms with Crippen molar-refractivity contribution in [1.82, 2.24) is 0 Å². The van der Waals surface area contributed by atoms with Gasteiger partial charge in [0, 0.05) is 5.39 Å². The van der Waals surface area contributed by atoms with E-state index in [2.05, 4.69) is 0 Å². The van der Waals surface area contributed by atoms with Crippen LogP contribution in [0.4, 0.5) is 0 Å². The summed E-state index contributed by atoms with van der Waals surface area (Å²) in [5.41, 5.74) is 0.764. The second-order valence-electron chi connectivity index (χ2n) is 4.75. The highest BCUT2D eigenvalue weighted by Crippen LogP contribution is 2.29. The van der Waals surface area contributed by atoms with E-state index in [0.29, 0.717) is 9.79 Å². The molecule has 0 heterocycles. The van der Waals surface area contributed by atoms with Crippen molar-refractivity contribution in [2.75, 3.05) is 0 Å². The fraction of sp³-hybridized carbons (Fsp3) is 0.0588. The average Bonchev–Trinajstić information content (AvgIpc) is 2.47. The van der Waals surface area contributed by atoms with Gasteiger partial charge in [0.1, 0.15) is 0 Å². The molecule has 3 rings (SSSR count). The fourth-order valence-electron chi connectivity index (χ4n) is 2.41. The van der Waals surface area contributed by atoms with Gasteiger partial charge in [-0.15, -0.1) is 0 Å². The lowest BCUT2D eigenvalue weighted by molar-refractivity contribution is 0.596. The van der Waals surface area contributed by atoms with Crippen molar-refractivity contribution in [1.29, 1.82) is 0 Å². The molecule has 0 saturated heterocycles. The molecule has 0 atom stereocenters. The minimum absolute atomic E-state index is 0.366. The van der Waals surface area contributed by atoms with Crippen molar-refractivity contribution in [3.8, 4) is 0 Å². The molecule has 0 bridgehead atoms. The molecular formula is C17H14O2S. The fourth-order valence-corrected chi connectivity index (χ4v) is 4.13. The molecule has 0 fully saturated rings. The van der Waals surface area contributed by atoms with Gasteiger partial charge in [-0.25, -0.2) is 8.42 Å². The summed E-state index contributed by atoms with van der Waals surface area (Å²) in [6.07, 6.45) is 0. The Morgan fingerprint density at radius 2 is 1.30 bits per heavy atom. The number of fused-ring (bicyclic) bond motifs is 1. The van der Waals surface area contributed by atoms with Gasteiger partial charge in [0.05, 0.1) is 9.79 Å². The molecule has 0 aliphatic carbocycles. The Kier molecular flexibility index (Phi) is 3.07. The topological polar surface area (TPSA) is 34.1 Å². The van der Waals surface area contributed by atoms with E-state index in [4.69, 9.17) is 0 Å². The van der Waals surface area contributed by atoms with Crippen molar-refractivity contribution in [2.24, 2.45) is 0 Å². The summed E-state index contributed by atoms with van der Waals surface area (Å²) in [6, 6.07) is 20.0. The maximum atomic E-state index is 12.9. The van der Waals surface area contributed by atoms with Crippen LogP contribution >= 0.6 is 0 Å². The molecule has 0 aliphatic heterocycles. The van der Waals surface area contributed by atoms with Crippen LogP contribution in [-0.2, 0) is 9.84 Å². The standard InChI is InChI=1S/C17H14O2S/c1-13-7-2-5-11-16(13)20(18,19)17-12-6-9-14-8-3-4-10-15(14)17/h2-12H,1H3. The third kappa shape index (κ3) is 2.00. The molecular weight excluding hydrogens is 268 g/mol. The minimum atomic E-state index is -3.50. The Hall–Kier alpha value is -2.13. The van der Waals surface area contributed by atoms with E-state index in [1.165, 1.54) is 0 Å². The summed E-state index contributed by atoms with van der Waals surface area (Å²) in [4.78, 5) is 0.737. The molecule has 0 saturated carbocycles. The Morgan fingerprint density at radius 3 is 2.10 bits per heavy atom. The Bertz CT molecular complexity index is 875. The molecule has 0 spiro atoms. The first-order valence-corrected chi connectivity index (χ1v) is 7.87. The lowest BCUT2D eigenvalue weighted by atomic mass is 10.1. The van der Waals surface area contributed by atoms with Crippen LogP contribution in [0.25, 0.3) is 10.8 Å². The van der Waals surface area contributed by atoms with E-state index >= 15 is 0 Å². The molecule has 0 radical (unpaired) electrons. The lowest BCUT2D eigenvalue weighted by Crippen LogP contribution is -2.04. The van der Waals surface area contributed by atoms with Gasteiger partial charge in [-0.2, -0.15) is 0 Å². The Labute approximate surface area is 118 Å². The first kappa shape index (κ1) is 12.9. The molecule has 0 amide bonds. The number of rotatable bonds is 2. The van der Waals surface area contributed by atoms with Gasteiger partial charge >= 0.3 is 0 Å². The zero-order valence-corrected chi connectivity index (χ0v) is 11.9. The van der Waals surface area contributed by atoms with Crippen LogP contribution < -0.4 is 0 Å². The highest BCUT2D eigenvalue weighted by molar-refractivity contribution is 7.91. The molecule has 100 valence electrons. The van der Waals surface area contributed by atoms with Crippen LogP contribution in [0.15, 0.2) is 76.5 Å². The summed E-state index contributed by atoms with van der Waals surface area (Å²) in [7, 11) is -3.50. The molecule has 0 unspecified atom stereocenters. The predicted molar refractivity (Wildman–Crippen MR) is 80.6 cm³/mol.